The van der Waals surface area contributed by atoms with Crippen molar-refractivity contribution >= 4 is 74.6 Å². The van der Waals surface area contributed by atoms with Crippen LogP contribution in [-0.2, 0) is 5.41 Å². The van der Waals surface area contributed by atoms with E-state index in [1.54, 1.807) is 0 Å². The largest absolute Gasteiger partial charge is 0.135 e. The van der Waals surface area contributed by atoms with Crippen molar-refractivity contribution < 1.29 is 0 Å². The lowest BCUT2D eigenvalue weighted by atomic mass is 9.81. The molecule has 0 bridgehead atoms. The second kappa shape index (κ2) is 11.7. The summed E-state index contributed by atoms with van der Waals surface area (Å²) in [6.45, 7) is 4.79. The summed E-state index contributed by atoms with van der Waals surface area (Å²) in [6, 6.07) is 68.3. The number of hydrogen-bond donors (Lipinski definition) is 0. The Labute approximate surface area is 329 Å². The molecule has 1 aromatic heterocycles. The summed E-state index contributed by atoms with van der Waals surface area (Å²) in [5.74, 6) is 0. The van der Waals surface area contributed by atoms with Crippen molar-refractivity contribution in [2.45, 2.75) is 19.3 Å². The van der Waals surface area contributed by atoms with Crippen LogP contribution in [0, 0.1) is 0 Å². The maximum absolute atomic E-state index is 2.50. The van der Waals surface area contributed by atoms with E-state index in [9.17, 15) is 0 Å². The average Bonchev–Trinajstić information content (AvgIpc) is 3.73. The summed E-state index contributed by atoms with van der Waals surface area (Å²) in [5.41, 5.74) is 13.0. The minimum absolute atomic E-state index is 0.0945. The lowest BCUT2D eigenvalue weighted by Gasteiger charge is -2.22. The molecule has 1 aliphatic rings. The van der Waals surface area contributed by atoms with Crippen LogP contribution in [0.4, 0.5) is 0 Å². The van der Waals surface area contributed by atoms with Gasteiger partial charge in [-0.3, -0.25) is 0 Å². The molecule has 1 aliphatic carbocycles. The van der Waals surface area contributed by atoms with E-state index in [-0.39, 0.29) is 5.41 Å². The number of hydrogen-bond acceptors (Lipinski definition) is 1. The van der Waals surface area contributed by atoms with Crippen LogP contribution in [0.5, 0.6) is 0 Å². The lowest BCUT2D eigenvalue weighted by Crippen LogP contribution is -2.14. The second-order valence-electron chi connectivity index (χ2n) is 16.0. The van der Waals surface area contributed by atoms with Crippen LogP contribution in [0.3, 0.4) is 0 Å². The van der Waals surface area contributed by atoms with Crippen molar-refractivity contribution in [2.75, 3.05) is 0 Å². The van der Waals surface area contributed by atoms with Crippen LogP contribution in [0.15, 0.2) is 182 Å². The Morgan fingerprint density at radius 1 is 0.339 bits per heavy atom. The summed E-state index contributed by atoms with van der Waals surface area (Å²) in [5, 5.41) is 13.0. The van der Waals surface area contributed by atoms with Gasteiger partial charge in [-0.25, -0.2) is 0 Å². The first-order valence-electron chi connectivity index (χ1n) is 19.6. The van der Waals surface area contributed by atoms with Gasteiger partial charge in [0.2, 0.25) is 0 Å². The summed E-state index contributed by atoms with van der Waals surface area (Å²) in [4.78, 5) is 0. The minimum Gasteiger partial charge on any atom is -0.135 e. The van der Waals surface area contributed by atoms with Gasteiger partial charge >= 0.3 is 0 Å². The lowest BCUT2D eigenvalue weighted by molar-refractivity contribution is 0.661. The Morgan fingerprint density at radius 2 is 0.911 bits per heavy atom. The molecular formula is C55H36S. The van der Waals surface area contributed by atoms with Crippen LogP contribution in [0.25, 0.3) is 108 Å². The van der Waals surface area contributed by atoms with Crippen molar-refractivity contribution in [3.8, 4) is 44.5 Å². The molecule has 0 radical (unpaired) electrons. The van der Waals surface area contributed by atoms with Crippen LogP contribution in [0.2, 0.25) is 0 Å². The quantitative estimate of drug-likeness (QED) is 0.159. The standard InChI is InChI=1S/C55H36S/c1-55(2)49-27-25-36(30-47(49)48-31-37-24-26-45-40-16-9-10-21-51(40)56-54(45)46(37)32-50(48)55)35-14-11-15-38(29-35)52-41-17-5-7-19-43(41)53(44-20-8-6-18-42(44)52)39-23-22-33-12-3-4-13-34(33)28-39/h3-32H,1-2H3. The number of fused-ring (bicyclic) bond motifs is 11. The number of rotatable bonds is 3. The van der Waals surface area contributed by atoms with Crippen molar-refractivity contribution in [3.05, 3.63) is 193 Å². The first-order chi connectivity index (χ1) is 27.5. The minimum atomic E-state index is -0.0945. The molecule has 0 aliphatic heterocycles. The Morgan fingerprint density at radius 3 is 1.66 bits per heavy atom. The van der Waals surface area contributed by atoms with E-state index in [4.69, 9.17) is 0 Å². The SMILES string of the molecule is CC1(C)c2ccc(-c3cccc(-c4c5ccccc5c(-c5ccc6ccccc6c5)c5ccccc45)c3)cc2-c2cc3ccc4c5ccccc5sc4c3cc21. The topological polar surface area (TPSA) is 0 Å². The Hall–Kier alpha value is -6.54. The Kier molecular flexibility index (Phi) is 6.66. The highest BCUT2D eigenvalue weighted by atomic mass is 32.1. The molecule has 0 unspecified atom stereocenters. The van der Waals surface area contributed by atoms with Gasteiger partial charge in [0.15, 0.2) is 0 Å². The van der Waals surface area contributed by atoms with Gasteiger partial charge < -0.3 is 0 Å². The third-order valence-electron chi connectivity index (χ3n) is 12.6. The molecule has 0 saturated heterocycles. The highest BCUT2D eigenvalue weighted by Crippen LogP contribution is 2.52. The van der Waals surface area contributed by atoms with Gasteiger partial charge in [0.25, 0.3) is 0 Å². The summed E-state index contributed by atoms with van der Waals surface area (Å²) in [7, 11) is 0. The van der Waals surface area contributed by atoms with Crippen LogP contribution >= 0.6 is 11.3 Å². The van der Waals surface area contributed by atoms with Gasteiger partial charge in [0.05, 0.1) is 0 Å². The normalized spacial score (nSPS) is 13.3. The molecule has 0 nitrogen and oxygen atoms in total. The van der Waals surface area contributed by atoms with Gasteiger partial charge in [-0.1, -0.05) is 159 Å². The van der Waals surface area contributed by atoms with E-state index in [0.29, 0.717) is 0 Å². The molecule has 0 atom stereocenters. The zero-order chi connectivity index (χ0) is 37.1. The Balaban J connectivity index is 1.02. The fourth-order valence-electron chi connectivity index (χ4n) is 9.88. The summed E-state index contributed by atoms with van der Waals surface area (Å²) >= 11 is 1.92. The average molecular weight is 729 g/mol. The van der Waals surface area contributed by atoms with Crippen molar-refractivity contribution in [1.82, 2.24) is 0 Å². The zero-order valence-corrected chi connectivity index (χ0v) is 32.0. The molecule has 0 amide bonds. The highest BCUT2D eigenvalue weighted by Gasteiger charge is 2.36. The molecule has 0 fully saturated rings. The van der Waals surface area contributed by atoms with E-state index in [1.165, 1.54) is 119 Å². The number of thiophene rings is 1. The smallest absolute Gasteiger partial charge is 0.0433 e. The summed E-state index contributed by atoms with van der Waals surface area (Å²) in [6.07, 6.45) is 0. The molecule has 1 heterocycles. The van der Waals surface area contributed by atoms with E-state index < -0.39 is 0 Å². The molecule has 12 rings (SSSR count). The van der Waals surface area contributed by atoms with Crippen LogP contribution in [0.1, 0.15) is 25.0 Å². The van der Waals surface area contributed by atoms with E-state index in [0.717, 1.165) is 0 Å². The monoisotopic (exact) mass is 728 g/mol. The maximum Gasteiger partial charge on any atom is 0.0433 e. The molecule has 0 N–H and O–H groups in total. The highest BCUT2D eigenvalue weighted by molar-refractivity contribution is 7.26. The third-order valence-corrected chi connectivity index (χ3v) is 13.8. The predicted molar refractivity (Wildman–Crippen MR) is 243 cm³/mol. The second-order valence-corrected chi connectivity index (χ2v) is 17.1. The molecular weight excluding hydrogens is 693 g/mol. The van der Waals surface area contributed by atoms with Gasteiger partial charge in [0.1, 0.15) is 0 Å². The maximum atomic E-state index is 2.50. The van der Waals surface area contributed by atoms with Gasteiger partial charge in [-0.05, 0) is 135 Å². The fourth-order valence-corrected chi connectivity index (χ4v) is 11.1. The molecule has 262 valence electrons. The van der Waals surface area contributed by atoms with Gasteiger partial charge in [0, 0.05) is 25.6 Å². The first kappa shape index (κ1) is 31.8. The number of benzene rings is 10. The zero-order valence-electron chi connectivity index (χ0n) is 31.2. The van der Waals surface area contributed by atoms with Gasteiger partial charge in [-0.15, -0.1) is 11.3 Å². The molecule has 10 aromatic carbocycles. The summed E-state index contributed by atoms with van der Waals surface area (Å²) < 4.78 is 2.74. The first-order valence-corrected chi connectivity index (χ1v) is 20.4. The van der Waals surface area contributed by atoms with E-state index in [2.05, 4.69) is 196 Å². The fraction of sp³-hybridized carbons (Fsp3) is 0.0545. The van der Waals surface area contributed by atoms with E-state index in [1.807, 2.05) is 11.3 Å². The molecule has 0 spiro atoms. The Bertz CT molecular complexity index is 3390. The third kappa shape index (κ3) is 4.53. The molecule has 0 saturated carbocycles. The van der Waals surface area contributed by atoms with E-state index >= 15 is 0 Å². The van der Waals surface area contributed by atoms with Crippen molar-refractivity contribution in [2.24, 2.45) is 0 Å². The molecule has 56 heavy (non-hydrogen) atoms. The predicted octanol–water partition coefficient (Wildman–Crippen LogP) is 16.0. The van der Waals surface area contributed by atoms with Crippen molar-refractivity contribution in [1.29, 1.82) is 0 Å². The molecule has 1 heteroatoms. The van der Waals surface area contributed by atoms with Crippen molar-refractivity contribution in [3.63, 3.8) is 0 Å². The van der Waals surface area contributed by atoms with Crippen LogP contribution in [-0.4, -0.2) is 0 Å². The van der Waals surface area contributed by atoms with Crippen LogP contribution < -0.4 is 0 Å². The van der Waals surface area contributed by atoms with Gasteiger partial charge in [-0.2, -0.15) is 0 Å². The molecule has 11 aromatic rings.